The Labute approximate surface area is 188 Å². The average molecular weight is 435 g/mol. The van der Waals surface area contributed by atoms with Gasteiger partial charge in [0.2, 0.25) is 0 Å². The topological polar surface area (TPSA) is 93.6 Å². The van der Waals surface area contributed by atoms with Gasteiger partial charge >= 0.3 is 0 Å². The van der Waals surface area contributed by atoms with Crippen LogP contribution < -0.4 is 15.5 Å². The fourth-order valence-electron chi connectivity index (χ4n) is 5.07. The summed E-state index contributed by atoms with van der Waals surface area (Å²) in [5.74, 6) is -0.163. The summed E-state index contributed by atoms with van der Waals surface area (Å²) in [7, 11) is 1.62. The maximum atomic E-state index is 11.8. The zero-order valence-electron chi connectivity index (χ0n) is 18.7. The maximum Gasteiger partial charge on any atom is 0.269 e. The van der Waals surface area contributed by atoms with Crippen LogP contribution in [0.25, 0.3) is 5.57 Å². The zero-order valence-corrected chi connectivity index (χ0v) is 18.7. The normalized spacial score (nSPS) is 20.6. The molecule has 1 atom stereocenters. The number of amides is 1. The number of hydrogen-bond acceptors (Lipinski definition) is 7. The molecule has 0 radical (unpaired) electrons. The van der Waals surface area contributed by atoms with Crippen molar-refractivity contribution in [1.29, 1.82) is 0 Å². The Kier molecular flexibility index (Phi) is 5.57. The van der Waals surface area contributed by atoms with Crippen LogP contribution in [0.3, 0.4) is 0 Å². The summed E-state index contributed by atoms with van der Waals surface area (Å²) in [4.78, 5) is 25.8. The van der Waals surface area contributed by atoms with E-state index in [0.29, 0.717) is 5.69 Å². The minimum atomic E-state index is -0.564. The Balaban J connectivity index is 1.23. The fraction of sp³-hybridized carbons (Fsp3) is 0.458. The largest absolute Gasteiger partial charge is 0.370 e. The molecule has 1 saturated heterocycles. The lowest BCUT2D eigenvalue weighted by atomic mass is 9.97. The molecule has 32 heavy (non-hydrogen) atoms. The molecule has 2 aromatic heterocycles. The van der Waals surface area contributed by atoms with Crippen molar-refractivity contribution < 1.29 is 9.90 Å². The first kappa shape index (κ1) is 20.9. The number of nitrogens with one attached hydrogen (secondary N) is 2. The third-order valence-electron chi connectivity index (χ3n) is 6.78. The highest BCUT2D eigenvalue weighted by atomic mass is 16.3. The molecule has 4 heterocycles. The number of piperazine rings is 1. The molecule has 0 spiro atoms. The van der Waals surface area contributed by atoms with E-state index in [1.807, 2.05) is 19.2 Å². The number of nitrogens with zero attached hydrogens (tertiary/aromatic N) is 4. The summed E-state index contributed by atoms with van der Waals surface area (Å²) >= 11 is 0. The van der Waals surface area contributed by atoms with Gasteiger partial charge in [0.1, 0.15) is 11.9 Å². The summed E-state index contributed by atoms with van der Waals surface area (Å²) < 4.78 is 0. The quantitative estimate of drug-likeness (QED) is 0.679. The Morgan fingerprint density at radius 3 is 2.81 bits per heavy atom. The molecule has 1 fully saturated rings. The second-order valence-electron chi connectivity index (χ2n) is 8.77. The van der Waals surface area contributed by atoms with Crippen LogP contribution in [0.4, 0.5) is 11.4 Å². The number of aryl methyl sites for hydroxylation is 1. The third-order valence-corrected chi connectivity index (χ3v) is 6.78. The van der Waals surface area contributed by atoms with Crippen LogP contribution in [0.1, 0.15) is 46.7 Å². The van der Waals surface area contributed by atoms with Crippen LogP contribution in [0.15, 0.2) is 30.0 Å². The molecule has 8 heteroatoms. The van der Waals surface area contributed by atoms with Gasteiger partial charge in [-0.1, -0.05) is 0 Å². The van der Waals surface area contributed by atoms with Gasteiger partial charge in [-0.25, -0.2) is 4.98 Å². The molecule has 3 aliphatic rings. The van der Waals surface area contributed by atoms with Crippen molar-refractivity contribution in [2.24, 2.45) is 0 Å². The van der Waals surface area contributed by atoms with Crippen LogP contribution in [-0.4, -0.2) is 65.3 Å². The number of allylic oxidation sites excluding steroid dienone is 1. The van der Waals surface area contributed by atoms with Gasteiger partial charge in [-0.3, -0.25) is 14.7 Å². The van der Waals surface area contributed by atoms with Gasteiger partial charge in [-0.15, -0.1) is 0 Å². The Morgan fingerprint density at radius 2 is 2.06 bits per heavy atom. The van der Waals surface area contributed by atoms with Crippen molar-refractivity contribution in [2.75, 3.05) is 43.4 Å². The van der Waals surface area contributed by atoms with Crippen molar-refractivity contribution in [3.8, 4) is 0 Å². The van der Waals surface area contributed by atoms with Crippen LogP contribution in [0, 0.1) is 6.92 Å². The van der Waals surface area contributed by atoms with E-state index in [1.165, 1.54) is 5.57 Å². The number of aliphatic hydroxyl groups excluding tert-OH is 1. The molecule has 1 unspecified atom stereocenters. The van der Waals surface area contributed by atoms with E-state index in [2.05, 4.69) is 31.5 Å². The van der Waals surface area contributed by atoms with Crippen molar-refractivity contribution in [1.82, 2.24) is 20.2 Å². The van der Waals surface area contributed by atoms with Gasteiger partial charge in [0.15, 0.2) is 0 Å². The van der Waals surface area contributed by atoms with Crippen LogP contribution >= 0.6 is 0 Å². The third kappa shape index (κ3) is 3.84. The van der Waals surface area contributed by atoms with E-state index in [1.54, 1.807) is 13.1 Å². The molecular formula is C24H30N6O2. The van der Waals surface area contributed by atoms with Gasteiger partial charge in [-0.2, -0.15) is 0 Å². The smallest absolute Gasteiger partial charge is 0.269 e. The second kappa shape index (κ2) is 8.52. The summed E-state index contributed by atoms with van der Waals surface area (Å²) in [5.41, 5.74) is 8.00. The molecule has 0 bridgehead atoms. The Morgan fingerprint density at radius 1 is 1.25 bits per heavy atom. The van der Waals surface area contributed by atoms with Crippen molar-refractivity contribution in [2.45, 2.75) is 39.0 Å². The summed E-state index contributed by atoms with van der Waals surface area (Å²) in [5, 5.41) is 16.3. The Hall–Kier alpha value is -2.97. The van der Waals surface area contributed by atoms with Crippen LogP contribution in [0.2, 0.25) is 0 Å². The van der Waals surface area contributed by atoms with Crippen molar-refractivity contribution >= 4 is 22.9 Å². The molecule has 1 aliphatic carbocycles. The van der Waals surface area contributed by atoms with E-state index in [4.69, 9.17) is 4.98 Å². The predicted molar refractivity (Wildman–Crippen MR) is 124 cm³/mol. The number of aromatic nitrogens is 2. The molecule has 2 aromatic rings. The molecule has 8 nitrogen and oxygen atoms in total. The van der Waals surface area contributed by atoms with E-state index < -0.39 is 6.23 Å². The molecule has 168 valence electrons. The molecule has 2 aliphatic heterocycles. The summed E-state index contributed by atoms with van der Waals surface area (Å²) in [6.45, 7) is 6.41. The van der Waals surface area contributed by atoms with Gasteiger partial charge in [0.05, 0.1) is 17.1 Å². The molecule has 0 aromatic carbocycles. The van der Waals surface area contributed by atoms with Crippen molar-refractivity contribution in [3.05, 3.63) is 52.6 Å². The second-order valence-corrected chi connectivity index (χ2v) is 8.77. The number of carbonyl (C=O) groups is 1. The lowest BCUT2D eigenvalue weighted by molar-refractivity contribution is 0.0958. The lowest BCUT2D eigenvalue weighted by Gasteiger charge is -2.36. The molecule has 5 rings (SSSR count). The molecule has 3 N–H and O–H groups in total. The number of pyridine rings is 2. The standard InChI is InChI=1S/C24H30N6O2/c1-15-22(7-6-20(27-15)24(32)25-2)30-10-8-29(9-11-30)14-16-12-21-19(13-26-16)17-4-3-5-18(17)23(31)28-21/h6-7,12-13,23,28,31H,3-5,8-11,14H2,1-2H3,(H,25,32). The maximum absolute atomic E-state index is 11.8. The first-order valence-corrected chi connectivity index (χ1v) is 11.4. The predicted octanol–water partition coefficient (Wildman–Crippen LogP) is 2.15. The van der Waals surface area contributed by atoms with Gasteiger partial charge in [0.25, 0.3) is 5.91 Å². The van der Waals surface area contributed by atoms with E-state index in [-0.39, 0.29) is 5.91 Å². The average Bonchev–Trinajstić information content (AvgIpc) is 3.30. The zero-order chi connectivity index (χ0) is 22.2. The monoisotopic (exact) mass is 434 g/mol. The SMILES string of the molecule is CNC(=O)c1ccc(N2CCN(Cc3cc4c(cn3)C3=C(CCC3)C(O)N4)CC2)c(C)n1. The number of fused-ring (bicyclic) bond motifs is 2. The molecular weight excluding hydrogens is 404 g/mol. The van der Waals surface area contributed by atoms with E-state index in [9.17, 15) is 9.90 Å². The Bertz CT molecular complexity index is 1070. The first-order chi connectivity index (χ1) is 15.5. The van der Waals surface area contributed by atoms with Crippen LogP contribution in [-0.2, 0) is 6.54 Å². The molecule has 1 amide bonds. The number of anilines is 2. The highest BCUT2D eigenvalue weighted by Gasteiger charge is 2.29. The lowest BCUT2D eigenvalue weighted by Crippen LogP contribution is -2.46. The van der Waals surface area contributed by atoms with Gasteiger partial charge in [-0.05, 0) is 55.5 Å². The molecule has 0 saturated carbocycles. The number of carbonyl (C=O) groups excluding carboxylic acids is 1. The van der Waals surface area contributed by atoms with Crippen LogP contribution in [0.5, 0.6) is 0 Å². The highest BCUT2D eigenvalue weighted by molar-refractivity contribution is 5.92. The first-order valence-electron chi connectivity index (χ1n) is 11.4. The van der Waals surface area contributed by atoms with E-state index in [0.717, 1.165) is 85.9 Å². The number of hydrogen-bond donors (Lipinski definition) is 3. The number of aliphatic hydroxyl groups is 1. The fourth-order valence-corrected chi connectivity index (χ4v) is 5.07. The van der Waals surface area contributed by atoms with E-state index >= 15 is 0 Å². The minimum absolute atomic E-state index is 0.163. The number of rotatable bonds is 4. The summed E-state index contributed by atoms with van der Waals surface area (Å²) in [6.07, 6.45) is 4.52. The van der Waals surface area contributed by atoms with Gasteiger partial charge < -0.3 is 20.6 Å². The minimum Gasteiger partial charge on any atom is -0.370 e. The highest BCUT2D eigenvalue weighted by Crippen LogP contribution is 2.42. The van der Waals surface area contributed by atoms with Crippen molar-refractivity contribution in [3.63, 3.8) is 0 Å². The summed E-state index contributed by atoms with van der Waals surface area (Å²) in [6, 6.07) is 5.88. The van der Waals surface area contributed by atoms with Gasteiger partial charge in [0, 0.05) is 57.2 Å².